The summed E-state index contributed by atoms with van der Waals surface area (Å²) in [4.78, 5) is 15.9. The van der Waals surface area contributed by atoms with E-state index in [0.29, 0.717) is 13.0 Å². The summed E-state index contributed by atoms with van der Waals surface area (Å²) in [6, 6.07) is 8.31. The van der Waals surface area contributed by atoms with E-state index in [1.165, 1.54) is 11.1 Å². The first kappa shape index (κ1) is 17.1. The zero-order valence-corrected chi connectivity index (χ0v) is 14.3. The third kappa shape index (κ3) is 5.43. The number of amides is 1. The molecule has 1 amide bonds. The number of benzene rings is 1. The molecule has 0 spiro atoms. The summed E-state index contributed by atoms with van der Waals surface area (Å²) >= 11 is 0. The Labute approximate surface area is 137 Å². The molecule has 5 nitrogen and oxygen atoms in total. The molecule has 0 aliphatic carbocycles. The number of alkyl carbamates (subject to hydrolysis) is 1. The summed E-state index contributed by atoms with van der Waals surface area (Å²) < 4.78 is 7.34. The lowest BCUT2D eigenvalue weighted by Gasteiger charge is -2.19. The van der Waals surface area contributed by atoms with Gasteiger partial charge in [0.15, 0.2) is 0 Å². The zero-order chi connectivity index (χ0) is 16.9. The zero-order valence-electron chi connectivity index (χ0n) is 14.3. The van der Waals surface area contributed by atoms with Crippen LogP contribution in [0.25, 0.3) is 0 Å². The molecule has 1 aromatic heterocycles. The van der Waals surface area contributed by atoms with Crippen LogP contribution in [0.1, 0.15) is 37.6 Å². The van der Waals surface area contributed by atoms with Crippen LogP contribution in [-0.4, -0.2) is 27.8 Å². The first-order chi connectivity index (χ1) is 10.8. The second kappa shape index (κ2) is 7.31. The predicted octanol–water partition coefficient (Wildman–Crippen LogP) is 3.31. The highest BCUT2D eigenvalue weighted by Gasteiger charge is 2.15. The summed E-state index contributed by atoms with van der Waals surface area (Å²) in [6.45, 7) is 8.97. The van der Waals surface area contributed by atoms with Crippen molar-refractivity contribution in [3.05, 3.63) is 53.6 Å². The SMILES string of the molecule is Cc1ccccc1Cn1cncc1CCNC(=O)OC(C)(C)C. The first-order valence-electron chi connectivity index (χ1n) is 7.85. The molecule has 1 aromatic carbocycles. The van der Waals surface area contributed by atoms with Gasteiger partial charge in [0.05, 0.1) is 6.33 Å². The number of carbonyl (C=O) groups is 1. The highest BCUT2D eigenvalue weighted by atomic mass is 16.6. The van der Waals surface area contributed by atoms with Crippen LogP contribution in [0.3, 0.4) is 0 Å². The van der Waals surface area contributed by atoms with Gasteiger partial charge in [0.1, 0.15) is 5.60 Å². The topological polar surface area (TPSA) is 56.2 Å². The molecule has 5 heteroatoms. The fourth-order valence-electron chi connectivity index (χ4n) is 2.28. The largest absolute Gasteiger partial charge is 0.444 e. The maximum atomic E-state index is 11.7. The van der Waals surface area contributed by atoms with E-state index < -0.39 is 5.60 Å². The number of carbonyl (C=O) groups excluding carboxylic acids is 1. The Morgan fingerprint density at radius 3 is 2.74 bits per heavy atom. The van der Waals surface area contributed by atoms with Gasteiger partial charge < -0.3 is 14.6 Å². The van der Waals surface area contributed by atoms with E-state index in [1.54, 1.807) is 0 Å². The van der Waals surface area contributed by atoms with Crippen LogP contribution in [0.5, 0.6) is 0 Å². The van der Waals surface area contributed by atoms with Crippen LogP contribution >= 0.6 is 0 Å². The summed E-state index contributed by atoms with van der Waals surface area (Å²) in [7, 11) is 0. The Hall–Kier alpha value is -2.30. The lowest BCUT2D eigenvalue weighted by atomic mass is 10.1. The summed E-state index contributed by atoms with van der Waals surface area (Å²) in [5.74, 6) is 0. The molecule has 2 aromatic rings. The predicted molar refractivity (Wildman–Crippen MR) is 90.4 cm³/mol. The number of aryl methyl sites for hydroxylation is 1. The van der Waals surface area contributed by atoms with Gasteiger partial charge in [0.2, 0.25) is 0 Å². The van der Waals surface area contributed by atoms with Gasteiger partial charge >= 0.3 is 6.09 Å². The maximum Gasteiger partial charge on any atom is 0.407 e. The molecule has 0 atom stereocenters. The number of nitrogens with zero attached hydrogens (tertiary/aromatic N) is 2. The Bertz CT molecular complexity index is 656. The number of imidazole rings is 1. The lowest BCUT2D eigenvalue weighted by Crippen LogP contribution is -2.33. The molecule has 23 heavy (non-hydrogen) atoms. The Morgan fingerprint density at radius 1 is 1.30 bits per heavy atom. The molecule has 0 aliphatic heterocycles. The van der Waals surface area contributed by atoms with Crippen molar-refractivity contribution in [1.82, 2.24) is 14.9 Å². The monoisotopic (exact) mass is 315 g/mol. The summed E-state index contributed by atoms with van der Waals surface area (Å²) in [5, 5.41) is 2.78. The Kier molecular flexibility index (Phi) is 5.42. The standard InChI is InChI=1S/C18H25N3O2/c1-14-7-5-6-8-15(14)12-21-13-19-11-16(21)9-10-20-17(22)23-18(2,3)4/h5-8,11,13H,9-10,12H2,1-4H3,(H,20,22). The van der Waals surface area contributed by atoms with Crippen LogP contribution in [-0.2, 0) is 17.7 Å². The second-order valence-electron chi connectivity index (χ2n) is 6.62. The molecule has 1 N–H and O–H groups in total. The number of hydrogen-bond donors (Lipinski definition) is 1. The third-order valence-electron chi connectivity index (χ3n) is 3.45. The van der Waals surface area contributed by atoms with Crippen molar-refractivity contribution in [1.29, 1.82) is 0 Å². The van der Waals surface area contributed by atoms with Gasteiger partial charge in [-0.1, -0.05) is 24.3 Å². The molecule has 1 heterocycles. The number of hydrogen-bond acceptors (Lipinski definition) is 3. The van der Waals surface area contributed by atoms with E-state index in [2.05, 4.69) is 33.9 Å². The van der Waals surface area contributed by atoms with Crippen LogP contribution < -0.4 is 5.32 Å². The lowest BCUT2D eigenvalue weighted by molar-refractivity contribution is 0.0528. The number of aromatic nitrogens is 2. The molecular formula is C18H25N3O2. The van der Waals surface area contributed by atoms with Crippen molar-refractivity contribution in [3.63, 3.8) is 0 Å². The molecule has 0 saturated heterocycles. The van der Waals surface area contributed by atoms with Crippen LogP contribution in [0.15, 0.2) is 36.8 Å². The molecule has 0 unspecified atom stereocenters. The van der Waals surface area contributed by atoms with E-state index in [1.807, 2.05) is 45.4 Å². The summed E-state index contributed by atoms with van der Waals surface area (Å²) in [5.41, 5.74) is 3.15. The number of ether oxygens (including phenoxy) is 1. The van der Waals surface area contributed by atoms with Gasteiger partial charge in [-0.15, -0.1) is 0 Å². The summed E-state index contributed by atoms with van der Waals surface area (Å²) in [6.07, 6.45) is 4.00. The van der Waals surface area contributed by atoms with Gasteiger partial charge in [0.25, 0.3) is 0 Å². The van der Waals surface area contributed by atoms with Crippen molar-refractivity contribution in [2.24, 2.45) is 0 Å². The average Bonchev–Trinajstić information content (AvgIpc) is 2.87. The molecule has 0 radical (unpaired) electrons. The van der Waals surface area contributed by atoms with Crippen molar-refractivity contribution in [2.75, 3.05) is 6.54 Å². The normalized spacial score (nSPS) is 11.3. The van der Waals surface area contributed by atoms with Crippen LogP contribution in [0, 0.1) is 6.92 Å². The highest BCUT2D eigenvalue weighted by molar-refractivity contribution is 5.67. The van der Waals surface area contributed by atoms with Crippen molar-refractivity contribution >= 4 is 6.09 Å². The number of nitrogens with one attached hydrogen (secondary N) is 1. The molecular weight excluding hydrogens is 290 g/mol. The van der Waals surface area contributed by atoms with Gasteiger partial charge in [-0.2, -0.15) is 0 Å². The van der Waals surface area contributed by atoms with Crippen molar-refractivity contribution < 1.29 is 9.53 Å². The van der Waals surface area contributed by atoms with E-state index in [9.17, 15) is 4.79 Å². The van der Waals surface area contributed by atoms with Gasteiger partial charge in [0, 0.05) is 31.4 Å². The molecule has 0 bridgehead atoms. The molecule has 0 fully saturated rings. The van der Waals surface area contributed by atoms with Crippen molar-refractivity contribution in [2.45, 2.75) is 46.3 Å². The first-order valence-corrected chi connectivity index (χ1v) is 7.85. The van der Waals surface area contributed by atoms with Crippen LogP contribution in [0.4, 0.5) is 4.79 Å². The quantitative estimate of drug-likeness (QED) is 0.921. The molecule has 2 rings (SSSR count). The van der Waals surface area contributed by atoms with E-state index in [0.717, 1.165) is 12.2 Å². The third-order valence-corrected chi connectivity index (χ3v) is 3.45. The number of rotatable bonds is 5. The van der Waals surface area contributed by atoms with Gasteiger partial charge in [-0.3, -0.25) is 0 Å². The maximum absolute atomic E-state index is 11.7. The minimum Gasteiger partial charge on any atom is -0.444 e. The Morgan fingerprint density at radius 2 is 2.04 bits per heavy atom. The van der Waals surface area contributed by atoms with E-state index in [4.69, 9.17) is 4.74 Å². The minimum absolute atomic E-state index is 0.387. The minimum atomic E-state index is -0.476. The smallest absolute Gasteiger partial charge is 0.407 e. The molecule has 0 aliphatic rings. The van der Waals surface area contributed by atoms with Crippen molar-refractivity contribution in [3.8, 4) is 0 Å². The molecule has 124 valence electrons. The average molecular weight is 315 g/mol. The van der Waals surface area contributed by atoms with Crippen LogP contribution in [0.2, 0.25) is 0 Å². The Balaban J connectivity index is 1.89. The van der Waals surface area contributed by atoms with Gasteiger partial charge in [-0.05, 0) is 38.8 Å². The fourth-order valence-corrected chi connectivity index (χ4v) is 2.28. The molecule has 0 saturated carbocycles. The second-order valence-corrected chi connectivity index (χ2v) is 6.62. The van der Waals surface area contributed by atoms with E-state index in [-0.39, 0.29) is 6.09 Å². The highest BCUT2D eigenvalue weighted by Crippen LogP contribution is 2.11. The fraction of sp³-hybridized carbons (Fsp3) is 0.444. The van der Waals surface area contributed by atoms with E-state index >= 15 is 0 Å². The van der Waals surface area contributed by atoms with Gasteiger partial charge in [-0.25, -0.2) is 9.78 Å².